The highest BCUT2D eigenvalue weighted by atomic mass is 35.5. The fraction of sp³-hybridized carbons (Fsp3) is 0.419. The van der Waals surface area contributed by atoms with Gasteiger partial charge < -0.3 is 143 Å². The van der Waals surface area contributed by atoms with E-state index in [2.05, 4.69) is 42.5 Å². The first-order valence-electron chi connectivity index (χ1n) is 40.1. The molecule has 0 aliphatic carbocycles. The lowest BCUT2D eigenvalue weighted by molar-refractivity contribution is -0.334. The molecule has 7 amide bonds. The van der Waals surface area contributed by atoms with Crippen LogP contribution in [0, 0.1) is 5.92 Å². The number of fused-ring (bicyclic) bond motifs is 15. The number of hydrogen-bond acceptors (Lipinski definition) is 28. The first-order valence-corrected chi connectivity index (χ1v) is 41.2. The second kappa shape index (κ2) is 37.9. The van der Waals surface area contributed by atoms with Crippen molar-refractivity contribution in [1.29, 1.82) is 0 Å². The molecule has 8 heterocycles. The second-order valence-corrected chi connectivity index (χ2v) is 34.0. The van der Waals surface area contributed by atoms with Crippen molar-refractivity contribution in [3.8, 4) is 68.2 Å². The van der Waals surface area contributed by atoms with Crippen molar-refractivity contribution in [3.05, 3.63) is 176 Å². The van der Waals surface area contributed by atoms with Crippen LogP contribution in [0.5, 0.6) is 46.0 Å². The number of aliphatic hydroxyl groups excluding tert-OH is 6. The Labute approximate surface area is 730 Å². The van der Waals surface area contributed by atoms with Gasteiger partial charge in [0.05, 0.1) is 53.5 Å². The highest BCUT2D eigenvalue weighted by molar-refractivity contribution is 6.32. The minimum atomic E-state index is -2.40. The molecule has 3 saturated heterocycles. The van der Waals surface area contributed by atoms with E-state index in [4.69, 9.17) is 84.2 Å². The van der Waals surface area contributed by atoms with Crippen LogP contribution >= 0.6 is 34.8 Å². The Morgan fingerprint density at radius 2 is 1.22 bits per heavy atom. The van der Waals surface area contributed by atoms with E-state index in [0.717, 1.165) is 65.2 Å². The van der Waals surface area contributed by atoms with Gasteiger partial charge in [-0.1, -0.05) is 103 Å². The number of nitrogens with one attached hydrogen (secondary N) is 8. The zero-order chi connectivity index (χ0) is 90.3. The van der Waals surface area contributed by atoms with Crippen molar-refractivity contribution in [1.82, 2.24) is 42.5 Å². The number of likely N-dealkylation sites (N-methyl/N-ethyl adjacent to an activating group) is 1. The predicted octanol–water partition coefficient (Wildman–Crippen LogP) is 4.50. The van der Waals surface area contributed by atoms with E-state index in [0.29, 0.717) is 5.02 Å². The Morgan fingerprint density at radius 1 is 0.632 bits per heavy atom. The number of aliphatic carboxylic acids is 1. The summed E-state index contributed by atoms with van der Waals surface area (Å²) >= 11 is 20.8. The number of amides is 7. The Balaban J connectivity index is 1.02. The maximum Gasteiger partial charge on any atom is 0.330 e. The number of carbonyl (C=O) groups is 8. The van der Waals surface area contributed by atoms with E-state index in [1.807, 2.05) is 50.2 Å². The molecule has 0 aromatic heterocycles. The summed E-state index contributed by atoms with van der Waals surface area (Å²) in [5.74, 6) is -16.1. The number of nitrogens with two attached hydrogens (primary N) is 2. The topological polar surface area (TPSA) is 561 Å². The number of phenolic OH excluding ortho intramolecular Hbond substituents is 3. The molecule has 15 rings (SSSR count). The fourth-order valence-electron chi connectivity index (χ4n) is 16.2. The SMILES string of the molecule is CN[C@H](CC(C)C)C(=O)N[C@H]1C(=O)N[C@@H](CC(N)=O)C(=O)N[C@H]2C(=O)NC3C(=O)NC(C(=O)N[C@H](C(=O)O)c4cc(O)cc(O)c4-c4cc3ccc4O)[C@H](O[C@H]3C[C@](C)(N)[C@@H](O)[C@H](C)O3)c3ccc(c(Cl)c3)Oc3cc2cc(c3O[C@@H]2O[C@H](CO)[C@@H](O)[C@H](O)[C@H]2O[C@H]2C[C@](C)(NCc3ccc(-c4ccc(Cl)cc4)cc3)[C@@H](O)[C@H](C)O2)Oc2ccc(cc2Cl)[C@H]1O. The molecule has 22 N–H and O–H groups in total. The molecule has 668 valence electrons. The first-order chi connectivity index (χ1) is 59.2. The molecule has 3 fully saturated rings. The fourth-order valence-corrected chi connectivity index (χ4v) is 16.7. The number of carbonyl (C=O) groups excluding carboxylic acids is 7. The monoisotopic (exact) mass is 1790 g/mol. The Hall–Kier alpha value is -10.6. The Morgan fingerprint density at radius 3 is 1.83 bits per heavy atom. The summed E-state index contributed by atoms with van der Waals surface area (Å²) in [6, 6.07) is 14.5. The standard InChI is InChI=1S/C86H97Cl3N10O26/c1-35(2)22-51(92-7)77(110)98-67-69(105)42-15-20-55(49(88)24-42)120-57-26-44-27-58(73(57)125-84-74(71(107)70(106)59(34-100)122-84)124-62-32-86(6,76(109)37(4)119-62)93-33-38-8-10-39(11-9-38)40-12-17-45(87)18-13-40)121-56-21-16-43(25-50(56)89)72(123-61-31-85(5,91)75(108)36(3)118-61)68-82(115)97-66(83(116)117)48-28-46(101)29-54(103)63(48)47-23-41(14-19-53(47)102)64(79(112)99-68)96-80(113)65(44)95-78(111)52(30-60(90)104)94-81(67)114/h8-21,23-29,35-37,51-52,59,61-62,64-72,74-76,84,92-93,100-103,105-109H,22,30-34,91H2,1-7H3,(H2,90,104)(H,94,114)(H,95,111)(H,96,113)(H,97,115)(H,98,110)(H,99,112)(H,116,117)/t36-,37-,51+,52-,59+,61-,62-,64?,65+,66-,67+,68?,69+,70+,71-,72+,74+,75-,76-,84-,85-,86-/m0/s1. The molecule has 7 aromatic rings. The van der Waals surface area contributed by atoms with Gasteiger partial charge in [0.15, 0.2) is 36.2 Å². The molecule has 0 radical (unpaired) electrons. The zero-order valence-electron chi connectivity index (χ0n) is 68.3. The largest absolute Gasteiger partial charge is 0.508 e. The zero-order valence-corrected chi connectivity index (χ0v) is 70.6. The summed E-state index contributed by atoms with van der Waals surface area (Å²) < 4.78 is 52.9. The molecule has 2 unspecified atom stereocenters. The highest BCUT2D eigenvalue weighted by Gasteiger charge is 2.53. The molecule has 0 spiro atoms. The number of aliphatic hydroxyl groups is 6. The number of rotatable bonds is 19. The number of benzene rings is 7. The van der Waals surface area contributed by atoms with Crippen molar-refractivity contribution >= 4 is 82.1 Å². The van der Waals surface area contributed by atoms with Crippen LogP contribution in [0.2, 0.25) is 15.1 Å². The number of aromatic hydroxyl groups is 3. The summed E-state index contributed by atoms with van der Waals surface area (Å²) in [5, 5.41) is 138. The molecule has 22 atom stereocenters. The highest BCUT2D eigenvalue weighted by Crippen LogP contribution is 2.51. The number of primary amides is 1. The molecule has 7 aromatic carbocycles. The van der Waals surface area contributed by atoms with Crippen molar-refractivity contribution in [2.75, 3.05) is 13.7 Å². The molecule has 0 saturated carbocycles. The molecule has 125 heavy (non-hydrogen) atoms. The van der Waals surface area contributed by atoms with Crippen LogP contribution in [0.25, 0.3) is 22.3 Å². The Bertz CT molecular complexity index is 5250. The minimum Gasteiger partial charge on any atom is -0.508 e. The third-order valence-electron chi connectivity index (χ3n) is 22.9. The van der Waals surface area contributed by atoms with Crippen LogP contribution in [0.15, 0.2) is 127 Å². The summed E-state index contributed by atoms with van der Waals surface area (Å²) in [6.45, 7) is 9.06. The number of carboxylic acid groups (broad SMARTS) is 1. The van der Waals surface area contributed by atoms with E-state index in [-0.39, 0.29) is 59.2 Å². The molecule has 8 aliphatic rings. The lowest BCUT2D eigenvalue weighted by Gasteiger charge is -2.48. The summed E-state index contributed by atoms with van der Waals surface area (Å²) in [5.41, 5.74) is 9.60. The molecule has 36 nitrogen and oxygen atoms in total. The van der Waals surface area contributed by atoms with Crippen LogP contribution in [0.4, 0.5) is 0 Å². The lowest BCUT2D eigenvalue weighted by atomic mass is 9.84. The maximum atomic E-state index is 16.6. The number of ether oxygens (including phenoxy) is 8. The predicted molar refractivity (Wildman–Crippen MR) is 445 cm³/mol. The molecule has 8 aliphatic heterocycles. The lowest BCUT2D eigenvalue weighted by Crippen LogP contribution is -2.65. The molecular formula is C86H97Cl3N10O26. The van der Waals surface area contributed by atoms with Crippen LogP contribution in [-0.2, 0) is 68.6 Å². The smallest absolute Gasteiger partial charge is 0.330 e. The van der Waals surface area contributed by atoms with E-state index in [9.17, 15) is 65.4 Å². The van der Waals surface area contributed by atoms with Gasteiger partial charge in [-0.3, -0.25) is 33.6 Å². The van der Waals surface area contributed by atoms with Crippen LogP contribution in [0.1, 0.15) is 131 Å². The number of carboxylic acids is 1. The van der Waals surface area contributed by atoms with Gasteiger partial charge in [0, 0.05) is 58.2 Å². The van der Waals surface area contributed by atoms with Crippen LogP contribution < -0.4 is 68.2 Å². The van der Waals surface area contributed by atoms with Gasteiger partial charge in [0.25, 0.3) is 0 Å². The molecule has 11 bridgehead atoms. The first kappa shape index (κ1) is 92.1. The van der Waals surface area contributed by atoms with Gasteiger partial charge >= 0.3 is 5.97 Å². The number of phenols is 3. The minimum absolute atomic E-state index is 0.119. The Kier molecular flexibility index (Phi) is 27.9. The van der Waals surface area contributed by atoms with E-state index in [1.165, 1.54) is 51.2 Å². The second-order valence-electron chi connectivity index (χ2n) is 32.7. The van der Waals surface area contributed by atoms with E-state index in [1.54, 1.807) is 26.0 Å². The molecule has 39 heteroatoms. The van der Waals surface area contributed by atoms with Gasteiger partial charge in [-0.2, -0.15) is 0 Å². The van der Waals surface area contributed by atoms with Gasteiger partial charge in [-0.25, -0.2) is 4.79 Å². The average molecular weight is 1790 g/mol. The summed E-state index contributed by atoms with van der Waals surface area (Å²) in [6.07, 6.45) is -23.0. The van der Waals surface area contributed by atoms with Gasteiger partial charge in [0.1, 0.15) is 89.5 Å². The third-order valence-corrected chi connectivity index (χ3v) is 23.8. The maximum absolute atomic E-state index is 16.6. The normalized spacial score (nSPS) is 29.7. The van der Waals surface area contributed by atoms with E-state index >= 15 is 24.0 Å². The van der Waals surface area contributed by atoms with Crippen LogP contribution in [0.3, 0.4) is 0 Å². The van der Waals surface area contributed by atoms with Crippen molar-refractivity contribution in [2.24, 2.45) is 17.4 Å². The summed E-state index contributed by atoms with van der Waals surface area (Å²) in [7, 11) is 1.48. The average Bonchev–Trinajstić information content (AvgIpc) is 0.762. The van der Waals surface area contributed by atoms with Crippen molar-refractivity contribution in [3.63, 3.8) is 0 Å². The van der Waals surface area contributed by atoms with Gasteiger partial charge in [-0.15, -0.1) is 0 Å². The van der Waals surface area contributed by atoms with Crippen molar-refractivity contribution < 1.29 is 127 Å². The quantitative estimate of drug-likeness (QED) is 0.0530. The van der Waals surface area contributed by atoms with Crippen molar-refractivity contribution in [2.45, 2.75) is 207 Å². The van der Waals surface area contributed by atoms with E-state index < -0.39 is 261 Å². The van der Waals surface area contributed by atoms with Gasteiger partial charge in [0.2, 0.25) is 53.4 Å². The van der Waals surface area contributed by atoms with Crippen LogP contribution in [-0.4, -0.2) is 215 Å². The summed E-state index contributed by atoms with van der Waals surface area (Å²) in [4.78, 5) is 121. The number of hydrogen-bond donors (Lipinski definition) is 20. The molecular weight excluding hydrogens is 1700 g/mol. The third kappa shape index (κ3) is 20.1. The number of halogens is 3. The van der Waals surface area contributed by atoms with Gasteiger partial charge in [-0.05, 0) is 153 Å².